The first kappa shape index (κ1) is 11.5. The first-order chi connectivity index (χ1) is 6.77. The Hall–Kier alpha value is -0.600. The van der Waals surface area contributed by atoms with E-state index in [-0.39, 0.29) is 6.10 Å². The molecule has 1 aromatic rings. The summed E-state index contributed by atoms with van der Waals surface area (Å²) in [6, 6.07) is 8.24. The maximum Gasteiger partial charge on any atom is 0.0826 e. The molecule has 14 heavy (non-hydrogen) atoms. The molecule has 0 aliphatic heterocycles. The summed E-state index contributed by atoms with van der Waals surface area (Å²) in [7, 11) is 0. The van der Waals surface area contributed by atoms with Crippen molar-refractivity contribution in [3.05, 3.63) is 47.0 Å². The number of ether oxygens (including phenoxy) is 1. The molecule has 0 spiro atoms. The molecule has 76 valence electrons. The summed E-state index contributed by atoms with van der Waals surface area (Å²) < 4.78 is 6.73. The van der Waals surface area contributed by atoms with Crippen molar-refractivity contribution in [1.82, 2.24) is 0 Å². The van der Waals surface area contributed by atoms with Crippen molar-refractivity contribution in [3.63, 3.8) is 0 Å². The normalized spacial score (nSPS) is 12.4. The summed E-state index contributed by atoms with van der Waals surface area (Å²) >= 11 is 3.41. The molecule has 0 amide bonds. The molecule has 0 bridgehead atoms. The van der Waals surface area contributed by atoms with Crippen molar-refractivity contribution in [2.24, 2.45) is 0 Å². The third-order valence-electron chi connectivity index (χ3n) is 2.03. The monoisotopic (exact) mass is 254 g/mol. The van der Waals surface area contributed by atoms with Crippen molar-refractivity contribution < 1.29 is 4.74 Å². The topological polar surface area (TPSA) is 9.23 Å². The van der Waals surface area contributed by atoms with E-state index in [1.807, 2.05) is 12.1 Å². The lowest BCUT2D eigenvalue weighted by atomic mass is 10.1. The largest absolute Gasteiger partial charge is 0.370 e. The lowest BCUT2D eigenvalue weighted by Gasteiger charge is -2.15. The minimum Gasteiger partial charge on any atom is -0.370 e. The van der Waals surface area contributed by atoms with Crippen LogP contribution in [0.4, 0.5) is 0 Å². The molecule has 1 rings (SSSR count). The molecule has 0 unspecified atom stereocenters. The molecule has 1 nitrogen and oxygen atoms in total. The maximum atomic E-state index is 5.63. The fraction of sp³-hybridized carbons (Fsp3) is 0.333. The van der Waals surface area contributed by atoms with Gasteiger partial charge >= 0.3 is 0 Å². The van der Waals surface area contributed by atoms with Gasteiger partial charge in [-0.25, -0.2) is 0 Å². The van der Waals surface area contributed by atoms with E-state index in [0.29, 0.717) is 6.61 Å². The van der Waals surface area contributed by atoms with Crippen LogP contribution in [-0.4, -0.2) is 6.61 Å². The molecular weight excluding hydrogens is 240 g/mol. The van der Waals surface area contributed by atoms with E-state index >= 15 is 0 Å². The van der Waals surface area contributed by atoms with Gasteiger partial charge < -0.3 is 4.74 Å². The molecule has 0 radical (unpaired) electrons. The van der Waals surface area contributed by atoms with Gasteiger partial charge in [-0.05, 0) is 24.1 Å². The average molecular weight is 255 g/mol. The third kappa shape index (κ3) is 3.28. The van der Waals surface area contributed by atoms with Gasteiger partial charge in [0.05, 0.1) is 12.7 Å². The Balaban J connectivity index is 2.68. The second-order valence-electron chi connectivity index (χ2n) is 3.07. The van der Waals surface area contributed by atoms with Crippen LogP contribution >= 0.6 is 15.9 Å². The summed E-state index contributed by atoms with van der Waals surface area (Å²) in [5, 5.41) is 0. The van der Waals surface area contributed by atoms with E-state index in [1.54, 1.807) is 6.08 Å². The molecule has 0 aliphatic carbocycles. The second kappa shape index (κ2) is 5.99. The van der Waals surface area contributed by atoms with Crippen molar-refractivity contribution >= 4 is 15.9 Å². The Kier molecular flexibility index (Phi) is 4.91. The highest BCUT2D eigenvalue weighted by Crippen LogP contribution is 2.22. The molecule has 0 aromatic heterocycles. The molecule has 0 fully saturated rings. The number of rotatable bonds is 5. The highest BCUT2D eigenvalue weighted by atomic mass is 79.9. The quantitative estimate of drug-likeness (QED) is 0.719. The van der Waals surface area contributed by atoms with Crippen LogP contribution in [0.25, 0.3) is 0 Å². The van der Waals surface area contributed by atoms with Crippen LogP contribution < -0.4 is 0 Å². The second-order valence-corrected chi connectivity index (χ2v) is 3.99. The summed E-state index contributed by atoms with van der Waals surface area (Å²) in [6.07, 6.45) is 2.94. The summed E-state index contributed by atoms with van der Waals surface area (Å²) in [6.45, 7) is 6.37. The van der Waals surface area contributed by atoms with Crippen LogP contribution in [-0.2, 0) is 4.74 Å². The molecule has 2 heteroatoms. The molecule has 0 aliphatic rings. The van der Waals surface area contributed by atoms with Gasteiger partial charge in [-0.3, -0.25) is 0 Å². The smallest absolute Gasteiger partial charge is 0.0826 e. The van der Waals surface area contributed by atoms with E-state index in [2.05, 4.69) is 41.6 Å². The van der Waals surface area contributed by atoms with E-state index in [0.717, 1.165) is 10.9 Å². The Labute approximate surface area is 93.9 Å². The number of hydrogen-bond acceptors (Lipinski definition) is 1. The summed E-state index contributed by atoms with van der Waals surface area (Å²) in [5.74, 6) is 0. The fourth-order valence-corrected chi connectivity index (χ4v) is 1.58. The Bertz CT molecular complexity index is 279. The highest BCUT2D eigenvalue weighted by Gasteiger charge is 2.07. The van der Waals surface area contributed by atoms with Gasteiger partial charge in [0.15, 0.2) is 0 Å². The minimum atomic E-state index is 0.182. The van der Waals surface area contributed by atoms with Crippen LogP contribution in [0.1, 0.15) is 25.0 Å². The predicted molar refractivity (Wildman–Crippen MR) is 63.3 cm³/mol. The van der Waals surface area contributed by atoms with Gasteiger partial charge in [0.1, 0.15) is 0 Å². The van der Waals surface area contributed by atoms with Crippen molar-refractivity contribution in [2.75, 3.05) is 6.61 Å². The fourth-order valence-electron chi connectivity index (χ4n) is 1.31. The number of benzene rings is 1. The molecule has 1 aromatic carbocycles. The Morgan fingerprint density at radius 3 is 2.57 bits per heavy atom. The van der Waals surface area contributed by atoms with Crippen molar-refractivity contribution in [3.8, 4) is 0 Å². The molecule has 1 atom stereocenters. The molecule has 0 N–H and O–H groups in total. The first-order valence-corrected chi connectivity index (χ1v) is 5.55. The van der Waals surface area contributed by atoms with Gasteiger partial charge in [0.2, 0.25) is 0 Å². The van der Waals surface area contributed by atoms with Crippen molar-refractivity contribution in [2.45, 2.75) is 19.4 Å². The zero-order valence-electron chi connectivity index (χ0n) is 8.37. The molecule has 0 saturated carbocycles. The molecule has 0 saturated heterocycles. The summed E-state index contributed by atoms with van der Waals surface area (Å²) in [5.41, 5.74) is 1.22. The van der Waals surface area contributed by atoms with Crippen LogP contribution in [0.2, 0.25) is 0 Å². The van der Waals surface area contributed by atoms with E-state index in [4.69, 9.17) is 4.74 Å². The third-order valence-corrected chi connectivity index (χ3v) is 2.56. The van der Waals surface area contributed by atoms with Crippen LogP contribution in [0, 0.1) is 0 Å². The lowest BCUT2D eigenvalue weighted by molar-refractivity contribution is 0.0714. The Morgan fingerprint density at radius 2 is 2.07 bits per heavy atom. The van der Waals surface area contributed by atoms with Crippen LogP contribution in [0.5, 0.6) is 0 Å². The van der Waals surface area contributed by atoms with E-state index in [9.17, 15) is 0 Å². The van der Waals surface area contributed by atoms with Gasteiger partial charge in [-0.2, -0.15) is 0 Å². The molecule has 0 heterocycles. The van der Waals surface area contributed by atoms with E-state index < -0.39 is 0 Å². The predicted octanol–water partition coefficient (Wildman–Crippen LogP) is 4.10. The summed E-state index contributed by atoms with van der Waals surface area (Å²) in [4.78, 5) is 0. The standard InChI is InChI=1S/C12H15BrO/c1-3-9-14-12(4-2)10-5-7-11(13)8-6-10/h3,5-8,12H,1,4,9H2,2H3/t12-/m1/s1. The average Bonchev–Trinajstić information content (AvgIpc) is 2.21. The minimum absolute atomic E-state index is 0.182. The zero-order chi connectivity index (χ0) is 10.4. The molecular formula is C12H15BrO. The highest BCUT2D eigenvalue weighted by molar-refractivity contribution is 9.10. The van der Waals surface area contributed by atoms with Gasteiger partial charge in [-0.15, -0.1) is 6.58 Å². The van der Waals surface area contributed by atoms with Gasteiger partial charge in [0, 0.05) is 4.47 Å². The number of hydrogen-bond donors (Lipinski definition) is 0. The van der Waals surface area contributed by atoms with Crippen LogP contribution in [0.3, 0.4) is 0 Å². The van der Waals surface area contributed by atoms with Crippen LogP contribution in [0.15, 0.2) is 41.4 Å². The number of halogens is 1. The van der Waals surface area contributed by atoms with E-state index in [1.165, 1.54) is 5.56 Å². The van der Waals surface area contributed by atoms with Gasteiger partial charge in [-0.1, -0.05) is 41.1 Å². The van der Waals surface area contributed by atoms with Crippen molar-refractivity contribution in [1.29, 1.82) is 0 Å². The zero-order valence-corrected chi connectivity index (χ0v) is 9.96. The first-order valence-electron chi connectivity index (χ1n) is 4.76. The Morgan fingerprint density at radius 1 is 1.43 bits per heavy atom. The maximum absolute atomic E-state index is 5.63. The lowest BCUT2D eigenvalue weighted by Crippen LogP contribution is -2.02. The SMILES string of the molecule is C=CCO[C@H](CC)c1ccc(Br)cc1. The van der Waals surface area contributed by atoms with Gasteiger partial charge in [0.25, 0.3) is 0 Å².